The van der Waals surface area contributed by atoms with E-state index in [1.165, 1.54) is 17.2 Å². The lowest BCUT2D eigenvalue weighted by Gasteiger charge is -2.19. The maximum absolute atomic E-state index is 14.0. The number of rotatable bonds is 4. The Labute approximate surface area is 122 Å². The summed E-state index contributed by atoms with van der Waals surface area (Å²) in [6, 6.07) is 13.4. The molecule has 0 aliphatic carbocycles. The summed E-state index contributed by atoms with van der Waals surface area (Å²) in [7, 11) is 1.86. The van der Waals surface area contributed by atoms with Gasteiger partial charge in [-0.1, -0.05) is 51.8 Å². The van der Waals surface area contributed by atoms with Crippen LogP contribution in [-0.4, -0.2) is 7.05 Å². The zero-order valence-electron chi connectivity index (χ0n) is 11.1. The SMILES string of the molecule is CNC(Cc1cccc(C)c1)c1c(F)cccc1Br. The van der Waals surface area contributed by atoms with Gasteiger partial charge in [-0.15, -0.1) is 0 Å². The highest BCUT2D eigenvalue weighted by Gasteiger charge is 2.17. The maximum Gasteiger partial charge on any atom is 0.129 e. The standard InChI is InChI=1S/C16H17BrFN/c1-11-5-3-6-12(9-11)10-15(19-2)16-13(17)7-4-8-14(16)18/h3-9,15,19H,10H2,1-2H3. The van der Waals surface area contributed by atoms with E-state index in [1.807, 2.05) is 19.2 Å². The van der Waals surface area contributed by atoms with E-state index in [1.54, 1.807) is 6.07 Å². The largest absolute Gasteiger partial charge is 0.313 e. The van der Waals surface area contributed by atoms with Gasteiger partial charge in [0.05, 0.1) is 0 Å². The van der Waals surface area contributed by atoms with Crippen LogP contribution in [0.1, 0.15) is 22.7 Å². The first-order chi connectivity index (χ1) is 9.11. The summed E-state index contributed by atoms with van der Waals surface area (Å²) in [6.07, 6.45) is 0.762. The van der Waals surface area contributed by atoms with Gasteiger partial charge < -0.3 is 5.32 Å². The van der Waals surface area contributed by atoms with Crippen molar-refractivity contribution in [1.82, 2.24) is 5.32 Å². The number of aryl methyl sites for hydroxylation is 1. The number of hydrogen-bond donors (Lipinski definition) is 1. The second kappa shape index (κ2) is 6.31. The van der Waals surface area contributed by atoms with Gasteiger partial charge in [0.1, 0.15) is 5.82 Å². The van der Waals surface area contributed by atoms with Crippen LogP contribution in [0.3, 0.4) is 0 Å². The van der Waals surface area contributed by atoms with Crippen molar-refractivity contribution in [3.05, 3.63) is 69.4 Å². The summed E-state index contributed by atoms with van der Waals surface area (Å²) in [6.45, 7) is 2.07. The van der Waals surface area contributed by atoms with Crippen LogP contribution in [0.4, 0.5) is 4.39 Å². The molecule has 0 heterocycles. The van der Waals surface area contributed by atoms with E-state index >= 15 is 0 Å². The topological polar surface area (TPSA) is 12.0 Å². The molecular weight excluding hydrogens is 305 g/mol. The van der Waals surface area contributed by atoms with Gasteiger partial charge in [0.25, 0.3) is 0 Å². The number of nitrogens with one attached hydrogen (secondary N) is 1. The van der Waals surface area contributed by atoms with E-state index in [-0.39, 0.29) is 11.9 Å². The van der Waals surface area contributed by atoms with Crippen LogP contribution in [0.25, 0.3) is 0 Å². The molecule has 0 bridgehead atoms. The minimum absolute atomic E-state index is 0.0441. The summed E-state index contributed by atoms with van der Waals surface area (Å²) in [4.78, 5) is 0. The Morgan fingerprint density at radius 2 is 1.95 bits per heavy atom. The molecule has 3 heteroatoms. The van der Waals surface area contributed by atoms with Crippen molar-refractivity contribution in [2.45, 2.75) is 19.4 Å². The third-order valence-corrected chi connectivity index (χ3v) is 3.91. The highest BCUT2D eigenvalue weighted by Crippen LogP contribution is 2.28. The molecule has 100 valence electrons. The fourth-order valence-electron chi connectivity index (χ4n) is 2.27. The molecule has 2 aromatic carbocycles. The molecule has 2 aromatic rings. The quantitative estimate of drug-likeness (QED) is 0.880. The lowest BCUT2D eigenvalue weighted by atomic mass is 9.97. The fourth-order valence-corrected chi connectivity index (χ4v) is 2.89. The van der Waals surface area contributed by atoms with Gasteiger partial charge >= 0.3 is 0 Å². The summed E-state index contributed by atoms with van der Waals surface area (Å²) in [5.74, 6) is -0.179. The van der Waals surface area contributed by atoms with E-state index in [0.717, 1.165) is 10.9 Å². The van der Waals surface area contributed by atoms with Crippen LogP contribution < -0.4 is 5.32 Å². The van der Waals surface area contributed by atoms with Gasteiger partial charge in [-0.25, -0.2) is 4.39 Å². The van der Waals surface area contributed by atoms with E-state index in [2.05, 4.69) is 46.4 Å². The van der Waals surface area contributed by atoms with Crippen molar-refractivity contribution >= 4 is 15.9 Å². The first-order valence-electron chi connectivity index (χ1n) is 6.28. The highest BCUT2D eigenvalue weighted by molar-refractivity contribution is 9.10. The fraction of sp³-hybridized carbons (Fsp3) is 0.250. The van der Waals surface area contributed by atoms with Crippen molar-refractivity contribution in [2.75, 3.05) is 7.05 Å². The Balaban J connectivity index is 2.30. The van der Waals surface area contributed by atoms with E-state index in [4.69, 9.17) is 0 Å². The first kappa shape index (κ1) is 14.2. The Morgan fingerprint density at radius 1 is 1.21 bits per heavy atom. The summed E-state index contributed by atoms with van der Waals surface area (Å²) >= 11 is 3.44. The third-order valence-electron chi connectivity index (χ3n) is 3.22. The molecule has 1 unspecified atom stereocenters. The number of benzene rings is 2. The molecule has 0 fully saturated rings. The Kier molecular flexibility index (Phi) is 4.72. The third kappa shape index (κ3) is 3.43. The summed E-state index contributed by atoms with van der Waals surface area (Å²) in [5, 5.41) is 3.20. The lowest BCUT2D eigenvalue weighted by molar-refractivity contribution is 0.531. The summed E-state index contributed by atoms with van der Waals surface area (Å²) < 4.78 is 14.8. The highest BCUT2D eigenvalue weighted by atomic mass is 79.9. The molecule has 1 atom stereocenters. The normalized spacial score (nSPS) is 12.4. The lowest BCUT2D eigenvalue weighted by Crippen LogP contribution is -2.20. The second-order valence-corrected chi connectivity index (χ2v) is 5.52. The van der Waals surface area contributed by atoms with Crippen molar-refractivity contribution in [3.63, 3.8) is 0 Å². The first-order valence-corrected chi connectivity index (χ1v) is 7.08. The van der Waals surface area contributed by atoms with Crippen molar-refractivity contribution < 1.29 is 4.39 Å². The van der Waals surface area contributed by atoms with Crippen molar-refractivity contribution in [2.24, 2.45) is 0 Å². The average molecular weight is 322 g/mol. The predicted octanol–water partition coefficient (Wildman–Crippen LogP) is 4.40. The van der Waals surface area contributed by atoms with Gasteiger partial charge in [-0.2, -0.15) is 0 Å². The maximum atomic E-state index is 14.0. The minimum Gasteiger partial charge on any atom is -0.313 e. The van der Waals surface area contributed by atoms with E-state index < -0.39 is 0 Å². The minimum atomic E-state index is -0.179. The van der Waals surface area contributed by atoms with E-state index in [0.29, 0.717) is 5.56 Å². The van der Waals surface area contributed by atoms with Crippen molar-refractivity contribution in [3.8, 4) is 0 Å². The number of halogens is 2. The predicted molar refractivity (Wildman–Crippen MR) is 80.8 cm³/mol. The molecule has 2 rings (SSSR count). The molecule has 0 aromatic heterocycles. The molecule has 1 N–H and O–H groups in total. The van der Waals surface area contributed by atoms with Crippen LogP contribution in [0, 0.1) is 12.7 Å². The molecule has 0 saturated heterocycles. The van der Waals surface area contributed by atoms with Crippen LogP contribution in [0.2, 0.25) is 0 Å². The van der Waals surface area contributed by atoms with Gasteiger partial charge in [0.15, 0.2) is 0 Å². The van der Waals surface area contributed by atoms with Gasteiger partial charge in [0.2, 0.25) is 0 Å². The zero-order chi connectivity index (χ0) is 13.8. The average Bonchev–Trinajstić information content (AvgIpc) is 2.37. The molecular formula is C16H17BrFN. The van der Waals surface area contributed by atoms with Crippen molar-refractivity contribution in [1.29, 1.82) is 0 Å². The molecule has 0 aliphatic rings. The number of hydrogen-bond acceptors (Lipinski definition) is 1. The molecule has 0 saturated carbocycles. The van der Waals surface area contributed by atoms with Crippen LogP contribution in [-0.2, 0) is 6.42 Å². The molecule has 0 amide bonds. The van der Waals surface area contributed by atoms with Crippen LogP contribution >= 0.6 is 15.9 Å². The Morgan fingerprint density at radius 3 is 2.58 bits per heavy atom. The zero-order valence-corrected chi connectivity index (χ0v) is 12.7. The molecule has 0 aliphatic heterocycles. The van der Waals surface area contributed by atoms with Gasteiger partial charge in [-0.3, -0.25) is 0 Å². The molecule has 0 radical (unpaired) electrons. The van der Waals surface area contributed by atoms with Crippen LogP contribution in [0.15, 0.2) is 46.9 Å². The van der Waals surface area contributed by atoms with Gasteiger partial charge in [-0.05, 0) is 38.1 Å². The Hall–Kier alpha value is -1.19. The second-order valence-electron chi connectivity index (χ2n) is 4.67. The molecule has 1 nitrogen and oxygen atoms in total. The summed E-state index contributed by atoms with van der Waals surface area (Å²) in [5.41, 5.74) is 3.11. The number of likely N-dealkylation sites (N-methyl/N-ethyl adjacent to an activating group) is 1. The van der Waals surface area contributed by atoms with Gasteiger partial charge in [0, 0.05) is 16.1 Å². The Bertz CT molecular complexity index is 548. The monoisotopic (exact) mass is 321 g/mol. The van der Waals surface area contributed by atoms with E-state index in [9.17, 15) is 4.39 Å². The molecule has 0 spiro atoms. The smallest absolute Gasteiger partial charge is 0.129 e. The van der Waals surface area contributed by atoms with Crippen LogP contribution in [0.5, 0.6) is 0 Å². The molecule has 19 heavy (non-hydrogen) atoms.